The minimum Gasteiger partial charge on any atom is -0.296 e. The van der Waals surface area contributed by atoms with E-state index < -0.39 is 5.76 Å². The van der Waals surface area contributed by atoms with E-state index in [1.165, 1.54) is 0 Å². The van der Waals surface area contributed by atoms with Crippen LogP contribution in [-0.4, -0.2) is 10.1 Å². The van der Waals surface area contributed by atoms with Crippen LogP contribution in [0.25, 0.3) is 11.4 Å². The summed E-state index contributed by atoms with van der Waals surface area (Å²) in [4.78, 5) is 13.4. The van der Waals surface area contributed by atoms with Gasteiger partial charge in [0.1, 0.15) is 0 Å². The highest BCUT2D eigenvalue weighted by molar-refractivity contribution is 6.33. The molecule has 5 heteroatoms. The third-order valence-corrected chi connectivity index (χ3v) is 2.66. The molecule has 1 heterocycles. The predicted molar refractivity (Wildman–Crippen MR) is 61.7 cm³/mol. The molecule has 1 aromatic heterocycles. The number of aromatic amines is 1. The molecule has 0 aliphatic heterocycles. The molecular weight excluding hydrogens is 228 g/mol. The highest BCUT2D eigenvalue weighted by Crippen LogP contribution is 2.32. The molecule has 0 aliphatic rings. The van der Waals surface area contributed by atoms with Gasteiger partial charge in [-0.1, -0.05) is 42.7 Å². The Morgan fingerprint density at radius 1 is 1.44 bits per heavy atom. The molecule has 1 N–H and O–H groups in total. The second kappa shape index (κ2) is 4.14. The standard InChI is InChI=1S/C11H11ClN2O2/c1-6(2)7-4-3-5-8(12)9(7)10-13-11(15)16-14-10/h3-6H,1-2H3,(H,13,14,15). The van der Waals surface area contributed by atoms with E-state index in [0.29, 0.717) is 10.8 Å². The van der Waals surface area contributed by atoms with Gasteiger partial charge in [0, 0.05) is 5.56 Å². The summed E-state index contributed by atoms with van der Waals surface area (Å²) in [5, 5.41) is 4.21. The molecular formula is C11H11ClN2O2. The molecule has 0 spiro atoms. The Balaban J connectivity index is 2.67. The number of H-pyrrole nitrogens is 1. The summed E-state index contributed by atoms with van der Waals surface area (Å²) >= 11 is 6.11. The first-order valence-electron chi connectivity index (χ1n) is 4.94. The Hall–Kier alpha value is -1.55. The normalized spacial score (nSPS) is 11.0. The Bertz CT molecular complexity index is 557. The SMILES string of the molecule is CC(C)c1cccc(Cl)c1-c1noc(=O)[nH]1. The van der Waals surface area contributed by atoms with E-state index in [2.05, 4.69) is 14.7 Å². The van der Waals surface area contributed by atoms with E-state index in [9.17, 15) is 4.79 Å². The molecule has 2 rings (SSSR count). The summed E-state index contributed by atoms with van der Waals surface area (Å²) in [5.74, 6) is 0.0813. The van der Waals surface area contributed by atoms with Gasteiger partial charge in [0.05, 0.1) is 5.02 Å². The summed E-state index contributed by atoms with van der Waals surface area (Å²) < 4.78 is 4.49. The van der Waals surface area contributed by atoms with Crippen LogP contribution in [0.5, 0.6) is 0 Å². The van der Waals surface area contributed by atoms with Gasteiger partial charge in [-0.3, -0.25) is 9.51 Å². The lowest BCUT2D eigenvalue weighted by Crippen LogP contribution is -1.98. The van der Waals surface area contributed by atoms with E-state index in [4.69, 9.17) is 11.6 Å². The zero-order valence-corrected chi connectivity index (χ0v) is 9.71. The van der Waals surface area contributed by atoms with Crippen LogP contribution in [0.15, 0.2) is 27.5 Å². The highest BCUT2D eigenvalue weighted by Gasteiger charge is 2.15. The Labute approximate surface area is 97.2 Å². The Kier molecular flexibility index (Phi) is 2.83. The van der Waals surface area contributed by atoms with Gasteiger partial charge in [-0.2, -0.15) is 0 Å². The third-order valence-electron chi connectivity index (χ3n) is 2.34. The van der Waals surface area contributed by atoms with Crippen LogP contribution in [0.4, 0.5) is 0 Å². The maximum absolute atomic E-state index is 10.9. The lowest BCUT2D eigenvalue weighted by molar-refractivity contribution is 0.388. The van der Waals surface area contributed by atoms with Crippen molar-refractivity contribution in [2.45, 2.75) is 19.8 Å². The zero-order valence-electron chi connectivity index (χ0n) is 8.95. The summed E-state index contributed by atoms with van der Waals surface area (Å²) in [6, 6.07) is 5.59. The molecule has 0 bridgehead atoms. The van der Waals surface area contributed by atoms with E-state index in [1.54, 1.807) is 6.07 Å². The third kappa shape index (κ3) is 1.88. The molecule has 0 fully saturated rings. The highest BCUT2D eigenvalue weighted by atomic mass is 35.5. The van der Waals surface area contributed by atoms with Crippen LogP contribution in [0.1, 0.15) is 25.3 Å². The van der Waals surface area contributed by atoms with Gasteiger partial charge in [0.15, 0.2) is 5.82 Å². The van der Waals surface area contributed by atoms with Crippen molar-refractivity contribution in [2.75, 3.05) is 0 Å². The van der Waals surface area contributed by atoms with Crippen molar-refractivity contribution in [3.8, 4) is 11.4 Å². The first-order chi connectivity index (χ1) is 7.59. The molecule has 84 valence electrons. The zero-order chi connectivity index (χ0) is 11.7. The molecule has 0 amide bonds. The fourth-order valence-corrected chi connectivity index (χ4v) is 1.88. The molecule has 1 aromatic carbocycles. The second-order valence-corrected chi connectivity index (χ2v) is 4.21. The molecule has 0 aliphatic carbocycles. The van der Waals surface area contributed by atoms with Crippen LogP contribution >= 0.6 is 11.6 Å². The van der Waals surface area contributed by atoms with Crippen molar-refractivity contribution in [3.63, 3.8) is 0 Å². The number of rotatable bonds is 2. The van der Waals surface area contributed by atoms with E-state index >= 15 is 0 Å². The van der Waals surface area contributed by atoms with Crippen molar-refractivity contribution in [1.29, 1.82) is 0 Å². The van der Waals surface area contributed by atoms with Gasteiger partial charge in [-0.15, -0.1) is 0 Å². The van der Waals surface area contributed by atoms with E-state index in [0.717, 1.165) is 11.1 Å². The Morgan fingerprint density at radius 2 is 2.19 bits per heavy atom. The Morgan fingerprint density at radius 3 is 2.75 bits per heavy atom. The molecule has 0 unspecified atom stereocenters. The second-order valence-electron chi connectivity index (χ2n) is 3.80. The lowest BCUT2D eigenvalue weighted by atomic mass is 9.97. The largest absolute Gasteiger partial charge is 0.439 e. The fraction of sp³-hybridized carbons (Fsp3) is 0.273. The van der Waals surface area contributed by atoms with Crippen molar-refractivity contribution in [3.05, 3.63) is 39.3 Å². The van der Waals surface area contributed by atoms with Crippen LogP contribution in [0, 0.1) is 0 Å². The monoisotopic (exact) mass is 238 g/mol. The fourth-order valence-electron chi connectivity index (χ4n) is 1.61. The van der Waals surface area contributed by atoms with E-state index in [-0.39, 0.29) is 5.92 Å². The van der Waals surface area contributed by atoms with Crippen molar-refractivity contribution >= 4 is 11.6 Å². The van der Waals surface area contributed by atoms with Crippen LogP contribution in [-0.2, 0) is 0 Å². The smallest absolute Gasteiger partial charge is 0.296 e. The van der Waals surface area contributed by atoms with Crippen molar-refractivity contribution in [2.24, 2.45) is 0 Å². The number of hydrogen-bond donors (Lipinski definition) is 1. The van der Waals surface area contributed by atoms with Crippen molar-refractivity contribution in [1.82, 2.24) is 10.1 Å². The van der Waals surface area contributed by atoms with Gasteiger partial charge < -0.3 is 0 Å². The molecule has 0 atom stereocenters. The maximum Gasteiger partial charge on any atom is 0.439 e. The minimum atomic E-state index is -0.579. The molecule has 0 radical (unpaired) electrons. The molecule has 2 aromatic rings. The molecule has 16 heavy (non-hydrogen) atoms. The first-order valence-corrected chi connectivity index (χ1v) is 5.32. The van der Waals surface area contributed by atoms with Crippen molar-refractivity contribution < 1.29 is 4.52 Å². The van der Waals surface area contributed by atoms with Gasteiger partial charge >= 0.3 is 5.76 Å². The number of hydrogen-bond acceptors (Lipinski definition) is 3. The first kappa shape index (κ1) is 11.0. The van der Waals surface area contributed by atoms with Gasteiger partial charge in [0.2, 0.25) is 0 Å². The number of nitrogens with one attached hydrogen (secondary N) is 1. The van der Waals surface area contributed by atoms with Crippen LogP contribution in [0.2, 0.25) is 5.02 Å². The predicted octanol–water partition coefficient (Wildman–Crippen LogP) is 2.81. The maximum atomic E-state index is 10.9. The number of aromatic nitrogens is 2. The van der Waals surface area contributed by atoms with Gasteiger partial charge in [-0.05, 0) is 17.5 Å². The summed E-state index contributed by atoms with van der Waals surface area (Å²) in [6.07, 6.45) is 0. The summed E-state index contributed by atoms with van der Waals surface area (Å²) in [6.45, 7) is 4.10. The molecule has 0 saturated carbocycles. The van der Waals surface area contributed by atoms with Gasteiger partial charge in [-0.25, -0.2) is 4.79 Å². The molecule has 4 nitrogen and oxygen atoms in total. The van der Waals surface area contributed by atoms with Gasteiger partial charge in [0.25, 0.3) is 0 Å². The number of halogens is 1. The lowest BCUT2D eigenvalue weighted by Gasteiger charge is -2.11. The summed E-state index contributed by atoms with van der Waals surface area (Å²) in [5.41, 5.74) is 1.75. The summed E-state index contributed by atoms with van der Waals surface area (Å²) in [7, 11) is 0. The number of nitrogens with zero attached hydrogens (tertiary/aromatic N) is 1. The van der Waals surface area contributed by atoms with E-state index in [1.807, 2.05) is 26.0 Å². The quantitative estimate of drug-likeness (QED) is 0.875. The molecule has 0 saturated heterocycles. The average molecular weight is 239 g/mol. The minimum absolute atomic E-state index is 0.286. The number of benzene rings is 1. The average Bonchev–Trinajstić information content (AvgIpc) is 2.64. The van der Waals surface area contributed by atoms with Crippen LogP contribution in [0.3, 0.4) is 0 Å². The topological polar surface area (TPSA) is 58.9 Å². The van der Waals surface area contributed by atoms with Crippen LogP contribution < -0.4 is 5.76 Å².